The second kappa shape index (κ2) is 7.01. The van der Waals surface area contributed by atoms with Crippen molar-refractivity contribution in [3.05, 3.63) is 52.8 Å². The zero-order valence-electron chi connectivity index (χ0n) is 13.1. The van der Waals surface area contributed by atoms with E-state index in [1.165, 1.54) is 12.8 Å². The third kappa shape index (κ3) is 3.82. The molecular weight excluding hydrogens is 310 g/mol. The zero-order valence-corrected chi connectivity index (χ0v) is 13.9. The lowest BCUT2D eigenvalue weighted by Gasteiger charge is -2.13. The molecule has 1 aromatic carbocycles. The number of hydrogen-bond acceptors (Lipinski definition) is 3. The fourth-order valence-corrected chi connectivity index (χ4v) is 3.03. The van der Waals surface area contributed by atoms with E-state index in [9.17, 15) is 4.79 Å². The Morgan fingerprint density at radius 3 is 2.83 bits per heavy atom. The Balaban J connectivity index is 1.74. The molecule has 2 N–H and O–H groups in total. The Morgan fingerprint density at radius 2 is 2.04 bits per heavy atom. The van der Waals surface area contributed by atoms with Crippen molar-refractivity contribution in [1.82, 2.24) is 10.3 Å². The highest BCUT2D eigenvalue weighted by Crippen LogP contribution is 2.26. The highest BCUT2D eigenvalue weighted by atomic mass is 35.5. The third-order valence-electron chi connectivity index (χ3n) is 4.23. The maximum Gasteiger partial charge on any atom is 0.270 e. The second-order valence-electron chi connectivity index (χ2n) is 5.92. The summed E-state index contributed by atoms with van der Waals surface area (Å²) in [5.74, 6) is -0.108. The molecular formula is C18H20ClN3O. The van der Waals surface area contributed by atoms with Gasteiger partial charge in [0.25, 0.3) is 5.91 Å². The van der Waals surface area contributed by atoms with Crippen LogP contribution in [0, 0.1) is 6.92 Å². The second-order valence-corrected chi connectivity index (χ2v) is 6.33. The molecule has 3 rings (SSSR count). The minimum atomic E-state index is -0.108. The number of nitrogens with zero attached hydrogens (tertiary/aromatic N) is 1. The third-order valence-corrected chi connectivity index (χ3v) is 4.64. The smallest absolute Gasteiger partial charge is 0.270 e. The van der Waals surface area contributed by atoms with E-state index in [0.717, 1.165) is 29.8 Å². The molecule has 0 aliphatic heterocycles. The quantitative estimate of drug-likeness (QED) is 0.870. The average molecular weight is 330 g/mol. The van der Waals surface area contributed by atoms with Gasteiger partial charge in [-0.15, -0.1) is 0 Å². The van der Waals surface area contributed by atoms with E-state index >= 15 is 0 Å². The average Bonchev–Trinajstić information content (AvgIpc) is 3.05. The highest BCUT2D eigenvalue weighted by Gasteiger charge is 2.18. The predicted octanol–water partition coefficient (Wildman–Crippen LogP) is 4.46. The number of carbonyl (C=O) groups is 1. The van der Waals surface area contributed by atoms with Gasteiger partial charge in [0, 0.05) is 28.6 Å². The molecule has 1 aliphatic carbocycles. The Bertz CT molecular complexity index is 711. The number of anilines is 2. The van der Waals surface area contributed by atoms with Gasteiger partial charge in [0.15, 0.2) is 0 Å². The van der Waals surface area contributed by atoms with Gasteiger partial charge in [-0.2, -0.15) is 0 Å². The largest absolute Gasteiger partial charge is 0.355 e. The summed E-state index contributed by atoms with van der Waals surface area (Å²) in [6, 6.07) is 9.61. The van der Waals surface area contributed by atoms with E-state index in [-0.39, 0.29) is 11.9 Å². The van der Waals surface area contributed by atoms with E-state index in [1.54, 1.807) is 12.3 Å². The van der Waals surface area contributed by atoms with E-state index < -0.39 is 0 Å². The number of amides is 1. The molecule has 0 unspecified atom stereocenters. The molecule has 0 bridgehead atoms. The van der Waals surface area contributed by atoms with E-state index in [1.807, 2.05) is 31.2 Å². The van der Waals surface area contributed by atoms with Crippen molar-refractivity contribution in [1.29, 1.82) is 0 Å². The van der Waals surface area contributed by atoms with Gasteiger partial charge in [-0.05, 0) is 49.6 Å². The van der Waals surface area contributed by atoms with Crippen molar-refractivity contribution in [3.63, 3.8) is 0 Å². The van der Waals surface area contributed by atoms with Gasteiger partial charge in [0.2, 0.25) is 0 Å². The summed E-state index contributed by atoms with van der Waals surface area (Å²) in [7, 11) is 0. The summed E-state index contributed by atoms with van der Waals surface area (Å²) < 4.78 is 0. The zero-order chi connectivity index (χ0) is 16.2. The molecule has 1 amide bonds. The molecule has 0 radical (unpaired) electrons. The van der Waals surface area contributed by atoms with Crippen LogP contribution in [0.15, 0.2) is 36.5 Å². The van der Waals surface area contributed by atoms with Crippen LogP contribution in [0.5, 0.6) is 0 Å². The number of hydrogen-bond donors (Lipinski definition) is 2. The molecule has 120 valence electrons. The maximum absolute atomic E-state index is 12.3. The van der Waals surface area contributed by atoms with Crippen LogP contribution in [0.25, 0.3) is 0 Å². The number of aromatic nitrogens is 1. The van der Waals surface area contributed by atoms with Crippen LogP contribution in [0.1, 0.15) is 41.7 Å². The first kappa shape index (κ1) is 15.8. The maximum atomic E-state index is 12.3. The van der Waals surface area contributed by atoms with Crippen LogP contribution in [-0.4, -0.2) is 16.9 Å². The van der Waals surface area contributed by atoms with Gasteiger partial charge in [0.05, 0.1) is 0 Å². The summed E-state index contributed by atoms with van der Waals surface area (Å²) in [6.45, 7) is 1.96. The monoisotopic (exact) mass is 329 g/mol. The molecule has 1 fully saturated rings. The minimum absolute atomic E-state index is 0.108. The molecule has 1 aromatic heterocycles. The van der Waals surface area contributed by atoms with Crippen molar-refractivity contribution in [2.75, 3.05) is 5.32 Å². The first-order valence-corrected chi connectivity index (χ1v) is 8.30. The van der Waals surface area contributed by atoms with Crippen molar-refractivity contribution >= 4 is 28.9 Å². The molecule has 0 saturated heterocycles. The van der Waals surface area contributed by atoms with E-state index in [4.69, 9.17) is 11.6 Å². The number of carbonyl (C=O) groups excluding carboxylic acids is 1. The van der Waals surface area contributed by atoms with E-state index in [0.29, 0.717) is 10.7 Å². The summed E-state index contributed by atoms with van der Waals surface area (Å²) in [4.78, 5) is 16.5. The van der Waals surface area contributed by atoms with Crippen LogP contribution < -0.4 is 10.6 Å². The van der Waals surface area contributed by atoms with Crippen molar-refractivity contribution in [2.45, 2.75) is 38.6 Å². The molecule has 0 spiro atoms. The Labute approximate surface area is 141 Å². The minimum Gasteiger partial charge on any atom is -0.355 e. The standard InChI is InChI=1S/C18H20ClN3O/c1-12-15(19)7-4-8-16(12)21-14-9-10-20-17(11-14)18(23)22-13-5-2-3-6-13/h4,7-11,13H,2-3,5-6H2,1H3,(H,20,21)(H,22,23). The lowest BCUT2D eigenvalue weighted by Crippen LogP contribution is -2.33. The lowest BCUT2D eigenvalue weighted by atomic mass is 10.2. The number of rotatable bonds is 4. The van der Waals surface area contributed by atoms with Gasteiger partial charge in [-0.25, -0.2) is 0 Å². The van der Waals surface area contributed by atoms with Gasteiger partial charge in [0.1, 0.15) is 5.69 Å². The summed E-state index contributed by atoms with van der Waals surface area (Å²) in [5, 5.41) is 7.07. The SMILES string of the molecule is Cc1c(Cl)cccc1Nc1ccnc(C(=O)NC2CCCC2)c1. The topological polar surface area (TPSA) is 54.0 Å². The van der Waals surface area contributed by atoms with Gasteiger partial charge < -0.3 is 10.6 Å². The molecule has 1 heterocycles. The number of nitrogens with one attached hydrogen (secondary N) is 2. The lowest BCUT2D eigenvalue weighted by molar-refractivity contribution is 0.0933. The molecule has 0 atom stereocenters. The summed E-state index contributed by atoms with van der Waals surface area (Å²) >= 11 is 6.14. The fraction of sp³-hybridized carbons (Fsp3) is 0.333. The first-order valence-electron chi connectivity index (χ1n) is 7.92. The highest BCUT2D eigenvalue weighted by molar-refractivity contribution is 6.31. The van der Waals surface area contributed by atoms with Gasteiger partial charge >= 0.3 is 0 Å². The molecule has 23 heavy (non-hydrogen) atoms. The Kier molecular flexibility index (Phi) is 4.82. The summed E-state index contributed by atoms with van der Waals surface area (Å²) in [5.41, 5.74) is 3.15. The Morgan fingerprint density at radius 1 is 1.26 bits per heavy atom. The molecule has 2 aromatic rings. The van der Waals surface area contributed by atoms with Crippen LogP contribution >= 0.6 is 11.6 Å². The van der Waals surface area contributed by atoms with Crippen LogP contribution in [0.3, 0.4) is 0 Å². The molecule has 1 aliphatic rings. The van der Waals surface area contributed by atoms with E-state index in [2.05, 4.69) is 15.6 Å². The number of pyridine rings is 1. The normalized spacial score (nSPS) is 14.7. The molecule has 5 heteroatoms. The summed E-state index contributed by atoms with van der Waals surface area (Å²) in [6.07, 6.45) is 6.14. The number of halogens is 1. The van der Waals surface area contributed by atoms with Crippen LogP contribution in [0.2, 0.25) is 5.02 Å². The van der Waals surface area contributed by atoms with Crippen molar-refractivity contribution in [3.8, 4) is 0 Å². The van der Waals surface area contributed by atoms with Gasteiger partial charge in [-0.3, -0.25) is 9.78 Å². The molecule has 4 nitrogen and oxygen atoms in total. The molecule has 1 saturated carbocycles. The predicted molar refractivity (Wildman–Crippen MR) is 93.4 cm³/mol. The Hall–Kier alpha value is -2.07. The van der Waals surface area contributed by atoms with Crippen LogP contribution in [-0.2, 0) is 0 Å². The fourth-order valence-electron chi connectivity index (χ4n) is 2.86. The van der Waals surface area contributed by atoms with Crippen molar-refractivity contribution in [2.24, 2.45) is 0 Å². The van der Waals surface area contributed by atoms with Crippen molar-refractivity contribution < 1.29 is 4.79 Å². The van der Waals surface area contributed by atoms with Crippen LogP contribution in [0.4, 0.5) is 11.4 Å². The van der Waals surface area contributed by atoms with Gasteiger partial charge in [-0.1, -0.05) is 30.5 Å². The first-order chi connectivity index (χ1) is 11.1. The number of benzene rings is 1.